The average Bonchev–Trinajstić information content (AvgIpc) is 2.59. The molecule has 0 heterocycles. The second-order valence-corrected chi connectivity index (χ2v) is 7.45. The molecule has 0 aromatic heterocycles. The van der Waals surface area contributed by atoms with Crippen LogP contribution in [-0.2, 0) is 13.2 Å². The lowest BCUT2D eigenvalue weighted by molar-refractivity contribution is 0.267. The molecule has 0 saturated heterocycles. The summed E-state index contributed by atoms with van der Waals surface area (Å²) in [4.78, 5) is 2.16. The first-order valence-electron chi connectivity index (χ1n) is 8.98. The second kappa shape index (κ2) is 10.6. The molecular formula is C21H29BrN2O2. The molecule has 0 bridgehead atoms. The monoisotopic (exact) mass is 420 g/mol. The molecule has 2 aromatic carbocycles. The van der Waals surface area contributed by atoms with Crippen LogP contribution in [0.15, 0.2) is 40.9 Å². The first-order valence-corrected chi connectivity index (χ1v) is 9.78. The molecule has 0 unspecified atom stereocenters. The first-order chi connectivity index (χ1) is 12.5. The van der Waals surface area contributed by atoms with Crippen LogP contribution in [0.1, 0.15) is 23.6 Å². The van der Waals surface area contributed by atoms with E-state index in [2.05, 4.69) is 83.6 Å². The lowest BCUT2D eigenvalue weighted by atomic mass is 10.1. The smallest absolute Gasteiger partial charge is 0.175 e. The van der Waals surface area contributed by atoms with Crippen molar-refractivity contribution in [2.45, 2.75) is 27.0 Å². The Morgan fingerprint density at radius 2 is 1.77 bits per heavy atom. The number of halogens is 1. The molecule has 1 N–H and O–H groups in total. The normalized spacial score (nSPS) is 11.0. The number of aryl methyl sites for hydroxylation is 1. The van der Waals surface area contributed by atoms with Crippen LogP contribution in [0, 0.1) is 6.92 Å². The minimum atomic E-state index is 0.513. The van der Waals surface area contributed by atoms with Crippen molar-refractivity contribution in [3.63, 3.8) is 0 Å². The third-order valence-corrected chi connectivity index (χ3v) is 4.53. The van der Waals surface area contributed by atoms with Gasteiger partial charge in [0.05, 0.1) is 11.1 Å². The van der Waals surface area contributed by atoms with Crippen molar-refractivity contribution < 1.29 is 9.47 Å². The van der Waals surface area contributed by atoms with Crippen molar-refractivity contribution in [2.75, 3.05) is 33.8 Å². The van der Waals surface area contributed by atoms with Crippen LogP contribution < -0.4 is 14.8 Å². The molecule has 0 aliphatic rings. The van der Waals surface area contributed by atoms with Gasteiger partial charge >= 0.3 is 0 Å². The summed E-state index contributed by atoms with van der Waals surface area (Å²) in [5.41, 5.74) is 3.55. The molecule has 0 aliphatic carbocycles. The number of nitrogens with zero attached hydrogens (tertiary/aromatic N) is 1. The van der Waals surface area contributed by atoms with Gasteiger partial charge in [-0.15, -0.1) is 0 Å². The predicted molar refractivity (Wildman–Crippen MR) is 111 cm³/mol. The minimum absolute atomic E-state index is 0.513. The van der Waals surface area contributed by atoms with Gasteiger partial charge in [0, 0.05) is 19.6 Å². The van der Waals surface area contributed by atoms with Gasteiger partial charge < -0.3 is 19.7 Å². The van der Waals surface area contributed by atoms with Crippen molar-refractivity contribution >= 4 is 15.9 Å². The Hall–Kier alpha value is -1.56. The van der Waals surface area contributed by atoms with E-state index >= 15 is 0 Å². The summed E-state index contributed by atoms with van der Waals surface area (Å²) in [7, 11) is 4.15. The Labute approximate surface area is 165 Å². The first kappa shape index (κ1) is 20.7. The lowest BCUT2D eigenvalue weighted by Crippen LogP contribution is -2.26. The third-order valence-electron chi connectivity index (χ3n) is 3.94. The predicted octanol–water partition coefficient (Wildman–Crippen LogP) is 4.39. The summed E-state index contributed by atoms with van der Waals surface area (Å²) in [5, 5.41) is 3.45. The SMILES string of the molecule is CCOc1cc(CNCCN(C)C)cc(Br)c1OCc1ccc(C)cc1. The lowest BCUT2D eigenvalue weighted by Gasteiger charge is -2.16. The summed E-state index contributed by atoms with van der Waals surface area (Å²) in [6, 6.07) is 12.5. The van der Waals surface area contributed by atoms with Crippen molar-refractivity contribution in [1.29, 1.82) is 0 Å². The summed E-state index contributed by atoms with van der Waals surface area (Å²) in [5.74, 6) is 1.53. The highest BCUT2D eigenvalue weighted by Gasteiger charge is 2.12. The Morgan fingerprint density at radius 1 is 1.04 bits per heavy atom. The van der Waals surface area contributed by atoms with Crippen LogP contribution in [0.3, 0.4) is 0 Å². The maximum absolute atomic E-state index is 6.06. The zero-order chi connectivity index (χ0) is 18.9. The molecule has 0 spiro atoms. The van der Waals surface area contributed by atoms with Crippen LogP contribution in [0.4, 0.5) is 0 Å². The van der Waals surface area contributed by atoms with Crippen molar-refractivity contribution in [2.24, 2.45) is 0 Å². The molecule has 0 saturated carbocycles. The quantitative estimate of drug-likeness (QED) is 0.577. The summed E-state index contributed by atoms with van der Waals surface area (Å²) >= 11 is 3.64. The Bertz CT molecular complexity index is 687. The molecule has 0 amide bonds. The number of nitrogens with one attached hydrogen (secondary N) is 1. The van der Waals surface area contributed by atoms with Gasteiger partial charge in [-0.1, -0.05) is 29.8 Å². The molecule has 0 fully saturated rings. The van der Waals surface area contributed by atoms with Gasteiger partial charge in [0.1, 0.15) is 6.61 Å². The standard InChI is InChI=1S/C21H29BrN2O2/c1-5-25-20-13-18(14-23-10-11-24(3)4)12-19(22)21(20)26-15-17-8-6-16(2)7-9-17/h6-9,12-13,23H,5,10-11,14-15H2,1-4H3. The van der Waals surface area contributed by atoms with Gasteiger partial charge in [-0.25, -0.2) is 0 Å². The highest BCUT2D eigenvalue weighted by Crippen LogP contribution is 2.37. The number of likely N-dealkylation sites (N-methyl/N-ethyl adjacent to an activating group) is 1. The zero-order valence-electron chi connectivity index (χ0n) is 16.1. The van der Waals surface area contributed by atoms with Crippen molar-refractivity contribution in [1.82, 2.24) is 10.2 Å². The van der Waals surface area contributed by atoms with Crippen LogP contribution in [0.25, 0.3) is 0 Å². The number of rotatable bonds is 10. The fourth-order valence-corrected chi connectivity index (χ4v) is 3.11. The molecular weight excluding hydrogens is 392 g/mol. The van der Waals surface area contributed by atoms with Gasteiger partial charge in [0.15, 0.2) is 11.5 Å². The van der Waals surface area contributed by atoms with E-state index < -0.39 is 0 Å². The maximum atomic E-state index is 6.06. The molecule has 2 aromatic rings. The average molecular weight is 421 g/mol. The van der Waals surface area contributed by atoms with Gasteiger partial charge in [-0.3, -0.25) is 0 Å². The van der Waals surface area contributed by atoms with Crippen LogP contribution >= 0.6 is 15.9 Å². The van der Waals surface area contributed by atoms with E-state index in [1.54, 1.807) is 0 Å². The van der Waals surface area contributed by atoms with Crippen molar-refractivity contribution in [3.8, 4) is 11.5 Å². The van der Waals surface area contributed by atoms with E-state index in [-0.39, 0.29) is 0 Å². The molecule has 0 radical (unpaired) electrons. The minimum Gasteiger partial charge on any atom is -0.490 e. The van der Waals surface area contributed by atoms with E-state index in [1.807, 2.05) is 6.92 Å². The number of hydrogen-bond donors (Lipinski definition) is 1. The molecule has 4 nitrogen and oxygen atoms in total. The highest BCUT2D eigenvalue weighted by molar-refractivity contribution is 9.10. The van der Waals surface area contributed by atoms with E-state index in [9.17, 15) is 0 Å². The molecule has 2 rings (SSSR count). The largest absolute Gasteiger partial charge is 0.490 e. The van der Waals surface area contributed by atoms with E-state index in [0.717, 1.165) is 41.2 Å². The summed E-state index contributed by atoms with van der Waals surface area (Å²) in [6.07, 6.45) is 0. The van der Waals surface area contributed by atoms with Gasteiger partial charge in [-0.05, 0) is 67.1 Å². The Balaban J connectivity index is 2.05. The maximum Gasteiger partial charge on any atom is 0.175 e. The molecule has 142 valence electrons. The summed E-state index contributed by atoms with van der Waals surface area (Å²) in [6.45, 7) is 7.94. The number of ether oxygens (including phenoxy) is 2. The zero-order valence-corrected chi connectivity index (χ0v) is 17.7. The second-order valence-electron chi connectivity index (χ2n) is 6.59. The van der Waals surface area contributed by atoms with E-state index in [1.165, 1.54) is 11.1 Å². The molecule has 26 heavy (non-hydrogen) atoms. The third kappa shape index (κ3) is 6.63. The Kier molecular flexibility index (Phi) is 8.42. The van der Waals surface area contributed by atoms with Gasteiger partial charge in [0.2, 0.25) is 0 Å². The van der Waals surface area contributed by atoms with Crippen molar-refractivity contribution in [3.05, 3.63) is 57.6 Å². The molecule has 0 atom stereocenters. The molecule has 5 heteroatoms. The van der Waals surface area contributed by atoms with Crippen LogP contribution in [-0.4, -0.2) is 38.7 Å². The summed E-state index contributed by atoms with van der Waals surface area (Å²) < 4.78 is 12.8. The highest BCUT2D eigenvalue weighted by atomic mass is 79.9. The van der Waals surface area contributed by atoms with Gasteiger partial charge in [0.25, 0.3) is 0 Å². The van der Waals surface area contributed by atoms with E-state index in [4.69, 9.17) is 9.47 Å². The van der Waals surface area contributed by atoms with Gasteiger partial charge in [-0.2, -0.15) is 0 Å². The van der Waals surface area contributed by atoms with Crippen LogP contribution in [0.5, 0.6) is 11.5 Å². The fraction of sp³-hybridized carbons (Fsp3) is 0.429. The van der Waals surface area contributed by atoms with Crippen LogP contribution in [0.2, 0.25) is 0 Å². The number of hydrogen-bond acceptors (Lipinski definition) is 4. The Morgan fingerprint density at radius 3 is 2.42 bits per heavy atom. The topological polar surface area (TPSA) is 33.7 Å². The van der Waals surface area contributed by atoms with E-state index in [0.29, 0.717) is 13.2 Å². The molecule has 0 aliphatic heterocycles. The number of benzene rings is 2. The fourth-order valence-electron chi connectivity index (χ4n) is 2.50.